The molecule has 0 aliphatic carbocycles. The largest absolute Gasteiger partial charge is 0.420 e. The van der Waals surface area contributed by atoms with Gasteiger partial charge in [-0.2, -0.15) is 0 Å². The normalized spacial score (nSPS) is 13.3. The maximum atomic E-state index is 5.74. The summed E-state index contributed by atoms with van der Waals surface area (Å²) >= 11 is 0. The van der Waals surface area contributed by atoms with Crippen LogP contribution < -0.4 is 0 Å². The highest BCUT2D eigenvalue weighted by Crippen LogP contribution is 2.26. The van der Waals surface area contributed by atoms with Gasteiger partial charge in [0.25, 0.3) is 0 Å². The number of rotatable bonds is 14. The zero-order chi connectivity index (χ0) is 17.9. The Morgan fingerprint density at radius 1 is 0.783 bits per heavy atom. The van der Waals surface area contributed by atoms with Crippen LogP contribution in [-0.2, 0) is 4.43 Å². The van der Waals surface area contributed by atoms with Gasteiger partial charge in [0.05, 0.1) is 0 Å². The molecule has 0 saturated heterocycles. The first-order chi connectivity index (χ1) is 10.8. The quantitative estimate of drug-likeness (QED) is 0.411. The summed E-state index contributed by atoms with van der Waals surface area (Å²) in [6.45, 7) is 22.7. The molecule has 0 aliphatic rings. The number of hydrogen-bond donors (Lipinski definition) is 0. The molecule has 23 heavy (non-hydrogen) atoms. The highest BCUT2D eigenvalue weighted by molar-refractivity contribution is 6.77. The molecular weight excluding hydrogens is 316 g/mol. The van der Waals surface area contributed by atoms with E-state index >= 15 is 0 Å². The molecule has 0 aromatic rings. The minimum absolute atomic E-state index is 1.17. The van der Waals surface area contributed by atoms with Crippen molar-refractivity contribution in [2.45, 2.75) is 78.3 Å². The van der Waals surface area contributed by atoms with Crippen molar-refractivity contribution in [3.05, 3.63) is 0 Å². The summed E-state index contributed by atoms with van der Waals surface area (Å²) in [4.78, 5) is 2.57. The van der Waals surface area contributed by atoms with Crippen LogP contribution in [0.4, 0.5) is 0 Å². The Balaban J connectivity index is 4.85. The minimum Gasteiger partial charge on any atom is -0.420 e. The fraction of sp³-hybridized carbons (Fsp3) is 1.00. The molecular formula is C18H44N2OSi2. The van der Waals surface area contributed by atoms with E-state index in [-0.39, 0.29) is 0 Å². The zero-order valence-electron chi connectivity index (χ0n) is 17.4. The fourth-order valence-corrected chi connectivity index (χ4v) is 8.87. The van der Waals surface area contributed by atoms with E-state index in [4.69, 9.17) is 4.43 Å². The van der Waals surface area contributed by atoms with Gasteiger partial charge in [0, 0.05) is 20.2 Å². The number of hydrogen-bond acceptors (Lipinski definition) is 3. The van der Waals surface area contributed by atoms with Gasteiger partial charge in [-0.1, -0.05) is 34.6 Å². The van der Waals surface area contributed by atoms with Gasteiger partial charge >= 0.3 is 0 Å². The summed E-state index contributed by atoms with van der Waals surface area (Å²) in [5.74, 6) is 0. The van der Waals surface area contributed by atoms with Crippen LogP contribution in [0.3, 0.4) is 0 Å². The molecule has 0 aromatic carbocycles. The Morgan fingerprint density at radius 2 is 1.30 bits per heavy atom. The molecule has 0 rings (SSSR count). The molecule has 0 spiro atoms. The second-order valence-corrected chi connectivity index (χ2v) is 17.0. The highest BCUT2D eigenvalue weighted by atomic mass is 28.4. The monoisotopic (exact) mass is 360 g/mol. The molecule has 0 saturated carbocycles. The van der Waals surface area contributed by atoms with Gasteiger partial charge in [-0.05, 0) is 63.3 Å². The molecule has 0 aromatic heterocycles. The Morgan fingerprint density at radius 3 is 1.70 bits per heavy atom. The maximum absolute atomic E-state index is 5.74. The first-order valence-corrected chi connectivity index (χ1v) is 15.6. The molecule has 0 N–H and O–H groups in total. The van der Waals surface area contributed by atoms with Crippen LogP contribution in [0.2, 0.25) is 37.3 Å². The van der Waals surface area contributed by atoms with Crippen molar-refractivity contribution in [3.8, 4) is 0 Å². The first kappa shape index (κ1) is 23.3. The van der Waals surface area contributed by atoms with E-state index < -0.39 is 16.6 Å². The van der Waals surface area contributed by atoms with Crippen molar-refractivity contribution < 1.29 is 4.43 Å². The van der Waals surface area contributed by atoms with Crippen molar-refractivity contribution >= 4 is 16.6 Å². The van der Waals surface area contributed by atoms with Gasteiger partial charge in [-0.3, -0.25) is 0 Å². The third-order valence-corrected chi connectivity index (χ3v) is 14.4. The molecule has 0 heterocycles. The lowest BCUT2D eigenvalue weighted by atomic mass is 10.4. The van der Waals surface area contributed by atoms with E-state index in [2.05, 4.69) is 57.2 Å². The van der Waals surface area contributed by atoms with Crippen LogP contribution in [0.1, 0.15) is 41.0 Å². The Bertz CT molecular complexity index is 284. The molecule has 3 nitrogen and oxygen atoms in total. The predicted molar refractivity (Wildman–Crippen MR) is 110 cm³/mol. The van der Waals surface area contributed by atoms with Crippen molar-refractivity contribution in [3.63, 3.8) is 0 Å². The third-order valence-electron chi connectivity index (χ3n) is 5.99. The lowest BCUT2D eigenvalue weighted by molar-refractivity contribution is 0.266. The Kier molecular flexibility index (Phi) is 12.0. The summed E-state index contributed by atoms with van der Waals surface area (Å²) in [6.07, 6.45) is 1.31. The molecule has 0 fully saturated rings. The smallest absolute Gasteiger partial charge is 0.186 e. The third kappa shape index (κ3) is 7.82. The lowest BCUT2D eigenvalue weighted by Gasteiger charge is -2.42. The van der Waals surface area contributed by atoms with E-state index in [9.17, 15) is 0 Å². The van der Waals surface area contributed by atoms with Gasteiger partial charge in [-0.25, -0.2) is 0 Å². The topological polar surface area (TPSA) is 15.7 Å². The second-order valence-electron chi connectivity index (χ2n) is 7.37. The number of nitrogens with zero attached hydrogens (tertiary/aromatic N) is 2. The Hall–Kier alpha value is 0.314. The summed E-state index contributed by atoms with van der Waals surface area (Å²) in [5, 5.41) is 0. The minimum atomic E-state index is -1.41. The number of likely N-dealkylation sites (N-methyl/N-ethyl adjacent to an activating group) is 1. The van der Waals surface area contributed by atoms with Crippen LogP contribution in [0, 0.1) is 0 Å². The molecule has 0 atom stereocenters. The summed E-state index contributed by atoms with van der Waals surface area (Å²) in [5.41, 5.74) is 0. The van der Waals surface area contributed by atoms with Gasteiger partial charge in [0.2, 0.25) is 0 Å². The van der Waals surface area contributed by atoms with Crippen LogP contribution in [0.15, 0.2) is 0 Å². The average molecular weight is 361 g/mol. The van der Waals surface area contributed by atoms with E-state index in [1.807, 2.05) is 7.11 Å². The van der Waals surface area contributed by atoms with Crippen molar-refractivity contribution in [1.29, 1.82) is 0 Å². The average Bonchev–Trinajstić information content (AvgIpc) is 2.57. The van der Waals surface area contributed by atoms with Crippen molar-refractivity contribution in [2.24, 2.45) is 0 Å². The SMILES string of the molecule is CCN(CC)CCN(CCC[Si](C)(C)OC)[Si](CC)(CC)CC. The van der Waals surface area contributed by atoms with Crippen LogP contribution in [0.25, 0.3) is 0 Å². The lowest BCUT2D eigenvalue weighted by Crippen LogP contribution is -2.55. The predicted octanol–water partition coefficient (Wildman–Crippen LogP) is 4.88. The van der Waals surface area contributed by atoms with Gasteiger partial charge in [0.1, 0.15) is 8.24 Å². The second kappa shape index (κ2) is 11.8. The van der Waals surface area contributed by atoms with E-state index in [1.54, 1.807) is 0 Å². The molecule has 0 radical (unpaired) electrons. The molecule has 0 amide bonds. The van der Waals surface area contributed by atoms with E-state index in [1.165, 1.54) is 63.3 Å². The summed E-state index contributed by atoms with van der Waals surface area (Å²) in [6, 6.07) is 5.46. The molecule has 0 aliphatic heterocycles. The van der Waals surface area contributed by atoms with Crippen LogP contribution >= 0.6 is 0 Å². The van der Waals surface area contributed by atoms with Crippen LogP contribution in [0.5, 0.6) is 0 Å². The molecule has 5 heteroatoms. The summed E-state index contributed by atoms with van der Waals surface area (Å²) in [7, 11) is -0.782. The molecule has 0 bridgehead atoms. The maximum Gasteiger partial charge on any atom is 0.186 e. The Labute approximate surface area is 149 Å². The highest BCUT2D eigenvalue weighted by Gasteiger charge is 2.34. The zero-order valence-corrected chi connectivity index (χ0v) is 19.4. The standard InChI is InChI=1S/C18H44N2OSi2/c1-9-19(10-2)16-17-20(23(11-3,12-4)13-5)15-14-18-22(7,8)21-6/h9-18H2,1-8H3. The first-order valence-electron chi connectivity index (χ1n) is 9.87. The van der Waals surface area contributed by atoms with Gasteiger partial charge < -0.3 is 13.9 Å². The molecule has 140 valence electrons. The van der Waals surface area contributed by atoms with Crippen molar-refractivity contribution in [1.82, 2.24) is 9.47 Å². The summed E-state index contributed by atoms with van der Waals surface area (Å²) < 4.78 is 8.68. The van der Waals surface area contributed by atoms with Gasteiger partial charge in [-0.15, -0.1) is 0 Å². The van der Waals surface area contributed by atoms with Crippen molar-refractivity contribution in [2.75, 3.05) is 39.8 Å². The van der Waals surface area contributed by atoms with E-state index in [0.29, 0.717) is 0 Å². The van der Waals surface area contributed by atoms with E-state index in [0.717, 1.165) is 0 Å². The van der Waals surface area contributed by atoms with Crippen LogP contribution in [-0.4, -0.2) is 65.9 Å². The molecule has 0 unspecified atom stereocenters. The fourth-order valence-electron chi connectivity index (χ4n) is 3.61. The van der Waals surface area contributed by atoms with Gasteiger partial charge in [0.15, 0.2) is 8.32 Å².